The molecule has 0 radical (unpaired) electrons. The number of ether oxygens (including phenoxy) is 1. The van der Waals surface area contributed by atoms with Gasteiger partial charge in [-0.2, -0.15) is 0 Å². The van der Waals surface area contributed by atoms with E-state index in [9.17, 15) is 23.2 Å². The van der Waals surface area contributed by atoms with E-state index < -0.39 is 29.1 Å². The van der Waals surface area contributed by atoms with Crippen LogP contribution in [0.4, 0.5) is 19.3 Å². The molecule has 0 aliphatic carbocycles. The van der Waals surface area contributed by atoms with E-state index in [4.69, 9.17) is 4.74 Å². The third-order valence-electron chi connectivity index (χ3n) is 5.47. The van der Waals surface area contributed by atoms with Crippen molar-refractivity contribution in [3.8, 4) is 5.75 Å². The number of nitrogens with zero attached hydrogens (tertiary/aromatic N) is 2. The number of methoxy groups -OCH3 is 1. The van der Waals surface area contributed by atoms with Crippen LogP contribution in [-0.2, 0) is 9.59 Å². The van der Waals surface area contributed by atoms with E-state index in [1.54, 1.807) is 11.8 Å². The highest BCUT2D eigenvalue weighted by Crippen LogP contribution is 2.33. The minimum Gasteiger partial charge on any atom is -0.494 e. The van der Waals surface area contributed by atoms with Gasteiger partial charge in [-0.1, -0.05) is 0 Å². The van der Waals surface area contributed by atoms with Crippen molar-refractivity contribution < 1.29 is 27.9 Å². The molecular formula is C19H24F2N4O4. The van der Waals surface area contributed by atoms with E-state index >= 15 is 0 Å². The molecule has 8 nitrogen and oxygen atoms in total. The molecule has 0 unspecified atom stereocenters. The average Bonchev–Trinajstić information content (AvgIpc) is 2.93. The van der Waals surface area contributed by atoms with E-state index in [2.05, 4.69) is 10.6 Å². The third kappa shape index (κ3) is 4.10. The zero-order valence-corrected chi connectivity index (χ0v) is 16.6. The van der Waals surface area contributed by atoms with Gasteiger partial charge in [0.05, 0.1) is 12.8 Å². The SMILES string of the molecule is COc1cc(F)c(F)cc1N1CCN(C(=O)CC[C@@]2(C)NC(=O)NC2=O)C[C@@H]1C. The van der Waals surface area contributed by atoms with Crippen molar-refractivity contribution in [1.82, 2.24) is 15.5 Å². The molecule has 0 spiro atoms. The van der Waals surface area contributed by atoms with Crippen LogP contribution in [0.3, 0.4) is 0 Å². The summed E-state index contributed by atoms with van der Waals surface area (Å²) in [5.41, 5.74) is -0.664. The lowest BCUT2D eigenvalue weighted by molar-refractivity contribution is -0.132. The number of anilines is 1. The average molecular weight is 410 g/mol. The van der Waals surface area contributed by atoms with Crippen molar-refractivity contribution in [3.05, 3.63) is 23.8 Å². The standard InChI is InChI=1S/C19H24F2N4O4/c1-11-10-24(16(26)4-5-19(2)17(27)22-18(28)23-19)6-7-25(11)14-8-12(20)13(21)9-15(14)29-3/h8-9,11H,4-7,10H2,1-3H3,(H2,22,23,27,28)/t11-,19+/m0/s1. The van der Waals surface area contributed by atoms with Gasteiger partial charge in [0.1, 0.15) is 11.3 Å². The van der Waals surface area contributed by atoms with Crippen LogP contribution in [0.5, 0.6) is 5.75 Å². The first-order valence-electron chi connectivity index (χ1n) is 9.35. The largest absolute Gasteiger partial charge is 0.494 e. The Bertz CT molecular complexity index is 850. The van der Waals surface area contributed by atoms with Gasteiger partial charge in [-0.25, -0.2) is 13.6 Å². The van der Waals surface area contributed by atoms with Crippen molar-refractivity contribution in [1.29, 1.82) is 0 Å². The molecule has 0 saturated carbocycles. The molecule has 1 aromatic carbocycles. The smallest absolute Gasteiger partial charge is 0.322 e. The summed E-state index contributed by atoms with van der Waals surface area (Å²) < 4.78 is 32.4. The van der Waals surface area contributed by atoms with Gasteiger partial charge in [0.15, 0.2) is 11.6 Å². The summed E-state index contributed by atoms with van der Waals surface area (Å²) in [5.74, 6) is -2.30. The number of imide groups is 1. The summed E-state index contributed by atoms with van der Waals surface area (Å²) >= 11 is 0. The summed E-state index contributed by atoms with van der Waals surface area (Å²) in [6.45, 7) is 4.65. The lowest BCUT2D eigenvalue weighted by atomic mass is 9.95. The Morgan fingerprint density at radius 2 is 1.97 bits per heavy atom. The van der Waals surface area contributed by atoms with Crippen LogP contribution in [0.25, 0.3) is 0 Å². The molecule has 29 heavy (non-hydrogen) atoms. The van der Waals surface area contributed by atoms with Gasteiger partial charge in [-0.3, -0.25) is 14.9 Å². The van der Waals surface area contributed by atoms with E-state index in [0.717, 1.165) is 12.1 Å². The maximum Gasteiger partial charge on any atom is 0.322 e. The normalized spacial score (nSPS) is 24.4. The molecule has 158 valence electrons. The lowest BCUT2D eigenvalue weighted by Gasteiger charge is -2.42. The monoisotopic (exact) mass is 410 g/mol. The van der Waals surface area contributed by atoms with Crippen molar-refractivity contribution in [2.45, 2.75) is 38.3 Å². The van der Waals surface area contributed by atoms with E-state index in [-0.39, 0.29) is 30.5 Å². The maximum atomic E-state index is 13.7. The molecule has 2 N–H and O–H groups in total. The third-order valence-corrected chi connectivity index (χ3v) is 5.47. The number of carbonyl (C=O) groups excluding carboxylic acids is 3. The Balaban J connectivity index is 1.63. The topological polar surface area (TPSA) is 91.0 Å². The van der Waals surface area contributed by atoms with Gasteiger partial charge < -0.3 is 19.9 Å². The first-order valence-corrected chi connectivity index (χ1v) is 9.35. The molecule has 2 aliphatic heterocycles. The van der Waals surface area contributed by atoms with Crippen LogP contribution in [-0.4, -0.2) is 61.1 Å². The summed E-state index contributed by atoms with van der Waals surface area (Å²) in [4.78, 5) is 39.4. The number of urea groups is 1. The fraction of sp³-hybridized carbons (Fsp3) is 0.526. The zero-order chi connectivity index (χ0) is 21.3. The highest BCUT2D eigenvalue weighted by Gasteiger charge is 2.42. The molecule has 1 aromatic rings. The van der Waals surface area contributed by atoms with Crippen molar-refractivity contribution in [3.63, 3.8) is 0 Å². The molecule has 3 rings (SSSR count). The minimum atomic E-state index is -1.10. The van der Waals surface area contributed by atoms with Crippen molar-refractivity contribution >= 4 is 23.5 Å². The number of amides is 4. The van der Waals surface area contributed by atoms with Gasteiger partial charge in [0.25, 0.3) is 5.91 Å². The highest BCUT2D eigenvalue weighted by molar-refractivity contribution is 6.06. The van der Waals surface area contributed by atoms with Gasteiger partial charge in [-0.05, 0) is 20.3 Å². The van der Waals surface area contributed by atoms with Crippen LogP contribution < -0.4 is 20.3 Å². The highest BCUT2D eigenvalue weighted by atomic mass is 19.2. The number of hydrogen-bond donors (Lipinski definition) is 2. The molecule has 2 heterocycles. The number of nitrogens with one attached hydrogen (secondary N) is 2. The van der Waals surface area contributed by atoms with Crippen LogP contribution in [0.2, 0.25) is 0 Å². The maximum absolute atomic E-state index is 13.7. The molecule has 2 aliphatic rings. The second-order valence-corrected chi connectivity index (χ2v) is 7.56. The summed E-state index contributed by atoms with van der Waals surface area (Å²) in [6.07, 6.45) is 0.292. The van der Waals surface area contributed by atoms with Crippen LogP contribution >= 0.6 is 0 Å². The van der Waals surface area contributed by atoms with E-state index in [1.165, 1.54) is 7.11 Å². The van der Waals surface area contributed by atoms with Gasteiger partial charge in [-0.15, -0.1) is 0 Å². The van der Waals surface area contributed by atoms with Gasteiger partial charge >= 0.3 is 6.03 Å². The molecule has 2 saturated heterocycles. The zero-order valence-electron chi connectivity index (χ0n) is 16.6. The Kier molecular flexibility index (Phi) is 5.63. The first kappa shape index (κ1) is 20.8. The van der Waals surface area contributed by atoms with Crippen LogP contribution in [0, 0.1) is 11.6 Å². The summed E-state index contributed by atoms with van der Waals surface area (Å²) in [5, 5.41) is 4.71. The molecule has 2 fully saturated rings. The first-order chi connectivity index (χ1) is 13.6. The molecule has 4 amide bonds. The summed E-state index contributed by atoms with van der Waals surface area (Å²) in [7, 11) is 1.39. The Morgan fingerprint density at radius 3 is 2.55 bits per heavy atom. The molecular weight excluding hydrogens is 386 g/mol. The van der Waals surface area contributed by atoms with Gasteiger partial charge in [0, 0.05) is 44.2 Å². The number of carbonyl (C=O) groups is 3. The predicted molar refractivity (Wildman–Crippen MR) is 101 cm³/mol. The molecule has 2 atom stereocenters. The van der Waals surface area contributed by atoms with Crippen LogP contribution in [0.15, 0.2) is 12.1 Å². The number of piperazine rings is 1. The Labute approximate surface area is 167 Å². The Morgan fingerprint density at radius 1 is 1.28 bits per heavy atom. The van der Waals surface area contributed by atoms with Gasteiger partial charge in [0.2, 0.25) is 5.91 Å². The number of halogens is 2. The quantitative estimate of drug-likeness (QED) is 0.716. The molecule has 0 aromatic heterocycles. The van der Waals surface area contributed by atoms with Crippen molar-refractivity contribution in [2.75, 3.05) is 31.6 Å². The predicted octanol–water partition coefficient (Wildman–Crippen LogP) is 1.39. The number of rotatable bonds is 5. The lowest BCUT2D eigenvalue weighted by Crippen LogP contribution is -2.54. The van der Waals surface area contributed by atoms with E-state index in [1.807, 2.05) is 11.8 Å². The number of benzene rings is 1. The number of hydrogen-bond acceptors (Lipinski definition) is 5. The summed E-state index contributed by atoms with van der Waals surface area (Å²) in [6, 6.07) is 1.39. The van der Waals surface area contributed by atoms with Crippen LogP contribution in [0.1, 0.15) is 26.7 Å². The molecule has 0 bridgehead atoms. The fourth-order valence-corrected chi connectivity index (χ4v) is 3.72. The second kappa shape index (κ2) is 7.84. The Hall–Kier alpha value is -2.91. The fourth-order valence-electron chi connectivity index (χ4n) is 3.72. The minimum absolute atomic E-state index is 0.103. The van der Waals surface area contributed by atoms with E-state index in [0.29, 0.717) is 25.3 Å². The molecule has 10 heteroatoms. The van der Waals surface area contributed by atoms with Crippen molar-refractivity contribution in [2.24, 2.45) is 0 Å². The second-order valence-electron chi connectivity index (χ2n) is 7.56.